The number of nitrogens with one attached hydrogen (secondary N) is 2. The van der Waals surface area contributed by atoms with Crippen LogP contribution in [0.25, 0.3) is 0 Å². The van der Waals surface area contributed by atoms with Crippen molar-refractivity contribution in [2.24, 2.45) is 0 Å². The number of piperidine rings is 1. The molecule has 2 N–H and O–H groups in total. The lowest BCUT2D eigenvalue weighted by atomic mass is 10.1. The zero-order valence-electron chi connectivity index (χ0n) is 15.1. The molecule has 8 nitrogen and oxygen atoms in total. The molecule has 1 aromatic heterocycles. The fourth-order valence-electron chi connectivity index (χ4n) is 3.57. The molecule has 0 amide bonds. The molecule has 144 valence electrons. The number of anilines is 4. The summed E-state index contributed by atoms with van der Waals surface area (Å²) in [6.45, 7) is 2.24. The van der Waals surface area contributed by atoms with Gasteiger partial charge in [-0.3, -0.25) is 0 Å². The zero-order chi connectivity index (χ0) is 18.7. The molecule has 0 spiro atoms. The average Bonchev–Trinajstić information content (AvgIpc) is 3.02. The number of nitrogens with zero attached hydrogens (tertiary/aromatic N) is 4. The fraction of sp³-hybridized carbons (Fsp3) is 0.500. The minimum absolute atomic E-state index is 0.117. The number of hydrogen-bond donors (Lipinski definition) is 2. The first-order valence-corrected chi connectivity index (χ1v) is 11.2. The van der Waals surface area contributed by atoms with E-state index in [0.717, 1.165) is 18.8 Å². The van der Waals surface area contributed by atoms with Crippen LogP contribution >= 0.6 is 0 Å². The molecule has 0 bridgehead atoms. The summed E-state index contributed by atoms with van der Waals surface area (Å²) in [5.41, 5.74) is 2.16. The van der Waals surface area contributed by atoms with Crippen molar-refractivity contribution < 1.29 is 8.42 Å². The summed E-state index contributed by atoms with van der Waals surface area (Å²) in [5.74, 6) is 1.23. The van der Waals surface area contributed by atoms with Crippen LogP contribution in [0.1, 0.15) is 25.7 Å². The molecule has 0 radical (unpaired) electrons. The fourth-order valence-corrected chi connectivity index (χ4v) is 5.25. The van der Waals surface area contributed by atoms with Crippen LogP contribution in [-0.2, 0) is 9.84 Å². The third kappa shape index (κ3) is 4.65. The van der Waals surface area contributed by atoms with E-state index in [2.05, 4.69) is 42.8 Å². The van der Waals surface area contributed by atoms with Gasteiger partial charge in [-0.2, -0.15) is 10.1 Å². The highest BCUT2D eigenvalue weighted by atomic mass is 32.2. The predicted octanol–water partition coefficient (Wildman–Crippen LogP) is 2.20. The second-order valence-electron chi connectivity index (χ2n) is 7.13. The monoisotopic (exact) mass is 388 g/mol. The quantitative estimate of drug-likeness (QED) is 0.804. The molecule has 0 saturated carbocycles. The first kappa shape index (κ1) is 18.0. The van der Waals surface area contributed by atoms with Crippen molar-refractivity contribution in [2.45, 2.75) is 31.7 Å². The third-order valence-electron chi connectivity index (χ3n) is 4.99. The van der Waals surface area contributed by atoms with Gasteiger partial charge in [0.25, 0.3) is 0 Å². The SMILES string of the molecule is O=S1(=O)CCC(Nc2nncc(Nc3ccc(N4CCCCC4)cc3)n2)C1. The van der Waals surface area contributed by atoms with E-state index in [4.69, 9.17) is 0 Å². The van der Waals surface area contributed by atoms with E-state index in [-0.39, 0.29) is 17.5 Å². The van der Waals surface area contributed by atoms with Gasteiger partial charge >= 0.3 is 0 Å². The van der Waals surface area contributed by atoms with Crippen molar-refractivity contribution in [2.75, 3.05) is 40.1 Å². The van der Waals surface area contributed by atoms with Crippen molar-refractivity contribution in [1.29, 1.82) is 0 Å². The second-order valence-corrected chi connectivity index (χ2v) is 9.36. The Morgan fingerprint density at radius 2 is 1.85 bits per heavy atom. The maximum atomic E-state index is 11.6. The molecule has 1 aromatic carbocycles. The van der Waals surface area contributed by atoms with E-state index in [1.54, 1.807) is 6.20 Å². The average molecular weight is 388 g/mol. The minimum Gasteiger partial charge on any atom is -0.372 e. The second kappa shape index (κ2) is 7.67. The number of benzene rings is 1. The molecule has 2 aromatic rings. The third-order valence-corrected chi connectivity index (χ3v) is 6.75. The Bertz CT molecular complexity index is 881. The summed E-state index contributed by atoms with van der Waals surface area (Å²) in [6, 6.07) is 8.14. The largest absolute Gasteiger partial charge is 0.372 e. The smallest absolute Gasteiger partial charge is 0.244 e. The van der Waals surface area contributed by atoms with Gasteiger partial charge in [-0.05, 0) is 49.9 Å². The van der Waals surface area contributed by atoms with Crippen LogP contribution in [-0.4, -0.2) is 54.2 Å². The number of aromatic nitrogens is 3. The van der Waals surface area contributed by atoms with Crippen LogP contribution in [0.15, 0.2) is 30.5 Å². The first-order valence-electron chi connectivity index (χ1n) is 9.36. The minimum atomic E-state index is -2.95. The highest BCUT2D eigenvalue weighted by molar-refractivity contribution is 7.91. The summed E-state index contributed by atoms with van der Waals surface area (Å²) in [5, 5.41) is 14.2. The summed E-state index contributed by atoms with van der Waals surface area (Å²) in [7, 11) is -2.95. The Hall–Kier alpha value is -2.42. The Morgan fingerprint density at radius 3 is 2.56 bits per heavy atom. The highest BCUT2D eigenvalue weighted by Crippen LogP contribution is 2.23. The molecule has 2 saturated heterocycles. The molecule has 2 fully saturated rings. The maximum absolute atomic E-state index is 11.6. The zero-order valence-corrected chi connectivity index (χ0v) is 16.0. The van der Waals surface area contributed by atoms with Gasteiger partial charge in [0, 0.05) is 30.5 Å². The Kier molecular flexibility index (Phi) is 5.11. The molecular formula is C18H24N6O2S. The molecule has 4 rings (SSSR count). The van der Waals surface area contributed by atoms with Crippen molar-refractivity contribution >= 4 is 33.0 Å². The molecule has 27 heavy (non-hydrogen) atoms. The molecule has 0 aliphatic carbocycles. The van der Waals surface area contributed by atoms with Crippen molar-refractivity contribution in [3.8, 4) is 0 Å². The summed E-state index contributed by atoms with van der Waals surface area (Å²) in [4.78, 5) is 6.80. The predicted molar refractivity (Wildman–Crippen MR) is 106 cm³/mol. The Labute approximate surface area is 159 Å². The molecule has 1 atom stereocenters. The Balaban J connectivity index is 1.39. The van der Waals surface area contributed by atoms with Gasteiger partial charge in [-0.25, -0.2) is 8.42 Å². The summed E-state index contributed by atoms with van der Waals surface area (Å²) >= 11 is 0. The maximum Gasteiger partial charge on any atom is 0.244 e. The topological polar surface area (TPSA) is 100 Å². The van der Waals surface area contributed by atoms with Gasteiger partial charge in [0.2, 0.25) is 5.95 Å². The number of hydrogen-bond acceptors (Lipinski definition) is 8. The van der Waals surface area contributed by atoms with E-state index in [9.17, 15) is 8.42 Å². The van der Waals surface area contributed by atoms with Gasteiger partial charge in [0.1, 0.15) is 0 Å². The van der Waals surface area contributed by atoms with Gasteiger partial charge in [0.05, 0.1) is 17.7 Å². The van der Waals surface area contributed by atoms with Crippen LogP contribution in [0.4, 0.5) is 23.1 Å². The van der Waals surface area contributed by atoms with Crippen LogP contribution in [0.5, 0.6) is 0 Å². The number of rotatable bonds is 5. The first-order chi connectivity index (χ1) is 13.1. The van der Waals surface area contributed by atoms with Crippen molar-refractivity contribution in [1.82, 2.24) is 15.2 Å². The molecular weight excluding hydrogens is 364 g/mol. The van der Waals surface area contributed by atoms with Crippen LogP contribution in [0.2, 0.25) is 0 Å². The van der Waals surface area contributed by atoms with Crippen molar-refractivity contribution in [3.05, 3.63) is 30.5 Å². The van der Waals surface area contributed by atoms with E-state index < -0.39 is 9.84 Å². The highest BCUT2D eigenvalue weighted by Gasteiger charge is 2.28. The van der Waals surface area contributed by atoms with Gasteiger partial charge in [0.15, 0.2) is 15.7 Å². The van der Waals surface area contributed by atoms with E-state index >= 15 is 0 Å². The lowest BCUT2D eigenvalue weighted by Crippen LogP contribution is -2.29. The molecule has 3 heterocycles. The standard InChI is InChI=1S/C18H24N6O2S/c25-27(26)11-8-15(13-27)21-18-22-17(12-19-23-18)20-14-4-6-16(7-5-14)24-9-2-1-3-10-24/h4-7,12,15H,1-3,8-11,13H2,(H2,20,21,22,23). The Morgan fingerprint density at radius 1 is 1.07 bits per heavy atom. The molecule has 9 heteroatoms. The number of sulfone groups is 1. The van der Waals surface area contributed by atoms with E-state index in [0.29, 0.717) is 18.2 Å². The van der Waals surface area contributed by atoms with Crippen LogP contribution in [0, 0.1) is 0 Å². The van der Waals surface area contributed by atoms with E-state index in [1.165, 1.54) is 24.9 Å². The normalized spacial score (nSPS) is 21.8. The van der Waals surface area contributed by atoms with Crippen LogP contribution in [0.3, 0.4) is 0 Å². The molecule has 1 unspecified atom stereocenters. The van der Waals surface area contributed by atoms with Gasteiger partial charge < -0.3 is 15.5 Å². The lowest BCUT2D eigenvalue weighted by molar-refractivity contribution is 0.578. The van der Waals surface area contributed by atoms with E-state index in [1.807, 2.05) is 12.1 Å². The molecule has 2 aliphatic rings. The van der Waals surface area contributed by atoms with Gasteiger partial charge in [-0.15, -0.1) is 5.10 Å². The van der Waals surface area contributed by atoms with Crippen LogP contribution < -0.4 is 15.5 Å². The summed E-state index contributed by atoms with van der Waals surface area (Å²) in [6.07, 6.45) is 5.95. The van der Waals surface area contributed by atoms with Gasteiger partial charge in [-0.1, -0.05) is 0 Å². The summed E-state index contributed by atoms with van der Waals surface area (Å²) < 4.78 is 23.1. The molecule has 2 aliphatic heterocycles. The lowest BCUT2D eigenvalue weighted by Gasteiger charge is -2.28. The van der Waals surface area contributed by atoms with Crippen molar-refractivity contribution in [3.63, 3.8) is 0 Å².